The van der Waals surface area contributed by atoms with Crippen molar-refractivity contribution in [1.82, 2.24) is 0 Å². The molecule has 136 valence electrons. The zero-order valence-corrected chi connectivity index (χ0v) is 17.9. The second kappa shape index (κ2) is 10.6. The Balaban J connectivity index is 0.000000593. The number of fused-ring (bicyclic) bond motifs is 1. The zero-order chi connectivity index (χ0) is 17.3. The van der Waals surface area contributed by atoms with Gasteiger partial charge in [0.1, 0.15) is 10.2 Å². The van der Waals surface area contributed by atoms with Gasteiger partial charge in [0.15, 0.2) is 0 Å². The van der Waals surface area contributed by atoms with Gasteiger partial charge in [-0.15, -0.1) is 0 Å². The summed E-state index contributed by atoms with van der Waals surface area (Å²) in [5.41, 5.74) is -0.694. The van der Waals surface area contributed by atoms with E-state index < -0.39 is 14.4 Å². The molecule has 2 aliphatic rings. The van der Waals surface area contributed by atoms with Crippen LogP contribution in [0.15, 0.2) is 0 Å². The molecule has 6 nitrogen and oxygen atoms in total. The lowest BCUT2D eigenvalue weighted by Gasteiger charge is -2.30. The van der Waals surface area contributed by atoms with E-state index in [1.165, 1.54) is 19.3 Å². The van der Waals surface area contributed by atoms with Crippen molar-refractivity contribution in [2.45, 2.75) is 64.7 Å². The molecule has 0 amide bonds. The Kier molecular flexibility index (Phi) is 9.56. The molecule has 0 aromatic rings. The van der Waals surface area contributed by atoms with Gasteiger partial charge < -0.3 is 23.1 Å². The van der Waals surface area contributed by atoms with E-state index in [1.54, 1.807) is 0 Å². The molecular formula is C15H32O6Si2. The Labute approximate surface area is 143 Å². The fourth-order valence-corrected chi connectivity index (χ4v) is 5.90. The molecule has 1 N–H and O–H groups in total. The van der Waals surface area contributed by atoms with Gasteiger partial charge in [-0.2, -0.15) is 0 Å². The maximum absolute atomic E-state index is 9.06. The van der Waals surface area contributed by atoms with Crippen molar-refractivity contribution in [2.75, 3.05) is 19.8 Å². The van der Waals surface area contributed by atoms with Crippen molar-refractivity contribution in [3.05, 3.63) is 0 Å². The molecule has 8 heteroatoms. The maximum Gasteiger partial charge on any atom is 0.500 e. The van der Waals surface area contributed by atoms with Gasteiger partial charge in [-0.3, -0.25) is 4.79 Å². The third-order valence-electron chi connectivity index (χ3n) is 4.06. The average Bonchev–Trinajstić information content (AvgIpc) is 3.24. The minimum absolute atomic E-state index is 0.265. The fourth-order valence-electron chi connectivity index (χ4n) is 3.13. The normalized spacial score (nSPS) is 26.1. The summed E-state index contributed by atoms with van der Waals surface area (Å²) in [5.74, 6) is 0.761. The lowest BCUT2D eigenvalue weighted by Crippen LogP contribution is -2.46. The van der Waals surface area contributed by atoms with Crippen LogP contribution in [0.4, 0.5) is 4.79 Å². The van der Waals surface area contributed by atoms with Crippen LogP contribution in [0.5, 0.6) is 0 Å². The first kappa shape index (κ1) is 20.8. The fraction of sp³-hybridized carbons (Fsp3) is 0.933. The second-order valence-corrected chi connectivity index (χ2v) is 9.52. The largest absolute Gasteiger partial charge is 0.500 e. The molecule has 0 spiro atoms. The van der Waals surface area contributed by atoms with Crippen molar-refractivity contribution >= 4 is 24.6 Å². The molecule has 23 heavy (non-hydrogen) atoms. The molecule has 2 fully saturated rings. The predicted octanol–water partition coefficient (Wildman–Crippen LogP) is 2.02. The van der Waals surface area contributed by atoms with Gasteiger partial charge in [-0.1, -0.05) is 0 Å². The monoisotopic (exact) mass is 364 g/mol. The highest BCUT2D eigenvalue weighted by Gasteiger charge is 2.46. The van der Waals surface area contributed by atoms with Crippen molar-refractivity contribution in [3.8, 4) is 0 Å². The topological polar surface area (TPSA) is 77.5 Å². The van der Waals surface area contributed by atoms with Gasteiger partial charge in [-0.05, 0) is 52.4 Å². The van der Waals surface area contributed by atoms with Crippen molar-refractivity contribution in [2.24, 2.45) is 5.92 Å². The van der Waals surface area contributed by atoms with Crippen molar-refractivity contribution in [1.29, 1.82) is 0 Å². The van der Waals surface area contributed by atoms with Gasteiger partial charge >= 0.3 is 8.80 Å². The molecule has 1 aliphatic carbocycles. The van der Waals surface area contributed by atoms with E-state index in [-0.39, 0.29) is 10.2 Å². The summed E-state index contributed by atoms with van der Waals surface area (Å²) in [6.45, 7) is 8.06. The summed E-state index contributed by atoms with van der Waals surface area (Å²) in [5, 5.41) is 7.48. The van der Waals surface area contributed by atoms with Crippen LogP contribution in [0.2, 0.25) is 6.04 Å². The molecule has 0 aromatic carbocycles. The highest BCUT2D eigenvalue weighted by molar-refractivity contribution is 6.60. The molecule has 3 unspecified atom stereocenters. The Bertz CT molecular complexity index is 334. The van der Waals surface area contributed by atoms with Crippen LogP contribution in [-0.4, -0.2) is 61.8 Å². The number of rotatable bonds is 9. The first-order chi connectivity index (χ1) is 11.0. The number of carbonyl (C=O) groups is 1. The van der Waals surface area contributed by atoms with Crippen LogP contribution >= 0.6 is 0 Å². The summed E-state index contributed by atoms with van der Waals surface area (Å²) in [6, 6.07) is 0.949. The van der Waals surface area contributed by atoms with Crippen LogP contribution < -0.4 is 0 Å². The summed E-state index contributed by atoms with van der Waals surface area (Å²) >= 11 is 0. The second-order valence-electron chi connectivity index (χ2n) is 5.93. The molecule has 2 rings (SSSR count). The van der Waals surface area contributed by atoms with Gasteiger partial charge in [-0.25, -0.2) is 0 Å². The Morgan fingerprint density at radius 3 is 2.09 bits per heavy atom. The summed E-state index contributed by atoms with van der Waals surface area (Å²) in [6.07, 6.45) is 6.04. The standard InChI is InChI=1S/C14H28O4Si.CH4O2Si/c1-4-15-19(16-5-2,17-6-3)10-9-12-7-8-13-14(11-12)18-13;2-1(3)4/h12-14H,4-11H2,1-3H3;4H3,(H,2,3). The van der Waals surface area contributed by atoms with E-state index in [2.05, 4.69) is 0 Å². The highest BCUT2D eigenvalue weighted by Crippen LogP contribution is 2.41. The summed E-state index contributed by atoms with van der Waals surface area (Å²) in [7, 11) is -2.16. The predicted molar refractivity (Wildman–Crippen MR) is 94.0 cm³/mol. The number of epoxide rings is 1. The quantitative estimate of drug-likeness (QED) is 0.498. The van der Waals surface area contributed by atoms with Gasteiger partial charge in [0.25, 0.3) is 5.59 Å². The zero-order valence-electron chi connectivity index (χ0n) is 14.9. The number of hydrogen-bond donors (Lipinski definition) is 1. The van der Waals surface area contributed by atoms with Crippen LogP contribution in [0.3, 0.4) is 0 Å². The first-order valence-electron chi connectivity index (χ1n) is 8.73. The summed E-state index contributed by atoms with van der Waals surface area (Å²) in [4.78, 5) is 9.06. The van der Waals surface area contributed by atoms with Crippen molar-refractivity contribution in [3.63, 3.8) is 0 Å². The molecule has 0 radical (unpaired) electrons. The maximum atomic E-state index is 9.06. The van der Waals surface area contributed by atoms with E-state index in [4.69, 9.17) is 27.9 Å². The minimum atomic E-state index is -2.43. The lowest BCUT2D eigenvalue weighted by atomic mass is 9.88. The third kappa shape index (κ3) is 7.91. The number of ether oxygens (including phenoxy) is 1. The smallest absolute Gasteiger partial charge is 0.486 e. The van der Waals surface area contributed by atoms with Gasteiger partial charge in [0, 0.05) is 25.9 Å². The van der Waals surface area contributed by atoms with E-state index in [1.807, 2.05) is 20.8 Å². The van der Waals surface area contributed by atoms with E-state index >= 15 is 0 Å². The molecule has 1 heterocycles. The number of hydrogen-bond acceptors (Lipinski definition) is 5. The molecule has 1 saturated carbocycles. The molecule has 3 atom stereocenters. The third-order valence-corrected chi connectivity index (χ3v) is 7.15. The summed E-state index contributed by atoms with van der Waals surface area (Å²) < 4.78 is 23.3. The van der Waals surface area contributed by atoms with Crippen LogP contribution in [0.25, 0.3) is 0 Å². The Hall–Kier alpha value is -0.256. The first-order valence-corrected chi connectivity index (χ1v) is 11.7. The molecule has 1 aliphatic heterocycles. The van der Waals surface area contributed by atoms with Crippen molar-refractivity contribution < 1.29 is 27.9 Å². The van der Waals surface area contributed by atoms with Crippen LogP contribution in [0, 0.1) is 5.92 Å². The van der Waals surface area contributed by atoms with Gasteiger partial charge in [0.05, 0.1) is 12.2 Å². The average molecular weight is 365 g/mol. The Morgan fingerprint density at radius 2 is 1.65 bits per heavy atom. The molecule has 0 aromatic heterocycles. The lowest BCUT2D eigenvalue weighted by molar-refractivity contribution is 0.0691. The van der Waals surface area contributed by atoms with Crippen LogP contribution in [-0.2, 0) is 18.0 Å². The SMILES string of the molecule is CCO[Si](CCC1CCC2OC2C1)(OCC)OCC.O=C(O)[SiH3]. The van der Waals surface area contributed by atoms with E-state index in [0.29, 0.717) is 32.0 Å². The number of carboxylic acid groups (broad SMARTS) is 1. The van der Waals surface area contributed by atoms with E-state index in [0.717, 1.165) is 18.4 Å². The molecular weight excluding hydrogens is 332 g/mol. The van der Waals surface area contributed by atoms with Crippen LogP contribution in [0.1, 0.15) is 46.5 Å². The Morgan fingerprint density at radius 1 is 1.13 bits per heavy atom. The molecule has 1 saturated heterocycles. The van der Waals surface area contributed by atoms with Gasteiger partial charge in [0.2, 0.25) is 0 Å². The highest BCUT2D eigenvalue weighted by atomic mass is 28.4. The van der Waals surface area contributed by atoms with E-state index in [9.17, 15) is 0 Å². The minimum Gasteiger partial charge on any atom is -0.486 e. The molecule has 0 bridgehead atoms.